The number of aryl methyl sites for hydroxylation is 1. The SMILES string of the molecule is COc1cc(-c2[nH]c3cc(C)c(C4CCC(NC5COC5)CC4)nc3c2C(C)C)cnc1N=CN. The van der Waals surface area contributed by atoms with Gasteiger partial charge in [0.05, 0.1) is 49.4 Å². The summed E-state index contributed by atoms with van der Waals surface area (Å²) in [6.45, 7) is 8.33. The standard InChI is InChI=1S/C27H36N6O2/c1-15(2)23-25(18-10-22(34-4)27(29-11-18)30-14-28)32-21-9-16(3)24(33-26(21)23)17-5-7-19(8-6-17)31-20-12-35-13-20/h9-11,14-15,17,19-20,31-32H,5-8,12-13H2,1-4H3,(H2,28,29,30). The topological polar surface area (TPSA) is 110 Å². The van der Waals surface area contributed by atoms with Crippen LogP contribution in [0.3, 0.4) is 0 Å². The lowest BCUT2D eigenvalue weighted by atomic mass is 9.82. The predicted octanol–water partition coefficient (Wildman–Crippen LogP) is 4.70. The monoisotopic (exact) mass is 476 g/mol. The van der Waals surface area contributed by atoms with E-state index >= 15 is 0 Å². The van der Waals surface area contributed by atoms with E-state index < -0.39 is 0 Å². The fourth-order valence-corrected chi connectivity index (χ4v) is 5.54. The Balaban J connectivity index is 1.48. The largest absolute Gasteiger partial charge is 0.493 e. The highest BCUT2D eigenvalue weighted by Crippen LogP contribution is 2.40. The number of methoxy groups -OCH3 is 1. The molecule has 0 bridgehead atoms. The number of nitrogens with zero attached hydrogens (tertiary/aromatic N) is 3. The van der Waals surface area contributed by atoms with Crippen molar-refractivity contribution in [3.05, 3.63) is 35.2 Å². The van der Waals surface area contributed by atoms with Crippen molar-refractivity contribution in [3.63, 3.8) is 0 Å². The molecule has 1 aliphatic heterocycles. The molecule has 2 fully saturated rings. The van der Waals surface area contributed by atoms with Gasteiger partial charge in [-0.15, -0.1) is 0 Å². The van der Waals surface area contributed by atoms with Crippen LogP contribution in [0.2, 0.25) is 0 Å². The quantitative estimate of drug-likeness (QED) is 0.337. The van der Waals surface area contributed by atoms with E-state index in [1.54, 1.807) is 7.11 Å². The molecule has 0 amide bonds. The van der Waals surface area contributed by atoms with Crippen LogP contribution in [0.15, 0.2) is 23.3 Å². The first-order chi connectivity index (χ1) is 17.0. The van der Waals surface area contributed by atoms with Crippen LogP contribution in [0.5, 0.6) is 5.75 Å². The molecule has 0 aromatic carbocycles. The molecule has 5 rings (SSSR count). The summed E-state index contributed by atoms with van der Waals surface area (Å²) in [5, 5.41) is 3.76. The first-order valence-corrected chi connectivity index (χ1v) is 12.6. The van der Waals surface area contributed by atoms with Gasteiger partial charge in [0.15, 0.2) is 11.6 Å². The fourth-order valence-electron chi connectivity index (χ4n) is 5.54. The van der Waals surface area contributed by atoms with Gasteiger partial charge in [0.1, 0.15) is 0 Å². The Labute approximate surface area is 206 Å². The number of nitrogens with two attached hydrogens (primary N) is 1. The van der Waals surface area contributed by atoms with E-state index in [4.69, 9.17) is 20.2 Å². The van der Waals surface area contributed by atoms with Gasteiger partial charge in [0.2, 0.25) is 0 Å². The zero-order chi connectivity index (χ0) is 24.5. The van der Waals surface area contributed by atoms with Gasteiger partial charge in [-0.1, -0.05) is 13.8 Å². The van der Waals surface area contributed by atoms with E-state index in [1.165, 1.54) is 48.8 Å². The molecule has 3 aromatic heterocycles. The highest BCUT2D eigenvalue weighted by atomic mass is 16.5. The van der Waals surface area contributed by atoms with Gasteiger partial charge in [0.25, 0.3) is 0 Å². The number of aromatic nitrogens is 3. The number of pyridine rings is 2. The first-order valence-electron chi connectivity index (χ1n) is 12.6. The molecule has 0 spiro atoms. The Bertz CT molecular complexity index is 1220. The van der Waals surface area contributed by atoms with Crippen LogP contribution in [0.4, 0.5) is 5.82 Å². The average molecular weight is 477 g/mol. The van der Waals surface area contributed by atoms with E-state index in [-0.39, 0.29) is 0 Å². The molecule has 1 saturated heterocycles. The van der Waals surface area contributed by atoms with Crippen LogP contribution in [-0.4, -0.2) is 53.7 Å². The van der Waals surface area contributed by atoms with Gasteiger partial charge in [-0.2, -0.15) is 0 Å². The van der Waals surface area contributed by atoms with Crippen molar-refractivity contribution < 1.29 is 9.47 Å². The molecule has 1 saturated carbocycles. The zero-order valence-corrected chi connectivity index (χ0v) is 21.1. The molecule has 0 radical (unpaired) electrons. The summed E-state index contributed by atoms with van der Waals surface area (Å²) in [7, 11) is 1.62. The smallest absolute Gasteiger partial charge is 0.196 e. The highest BCUT2D eigenvalue weighted by Gasteiger charge is 2.29. The third kappa shape index (κ3) is 4.65. The van der Waals surface area contributed by atoms with E-state index in [1.807, 2.05) is 12.3 Å². The fraction of sp³-hybridized carbons (Fsp3) is 0.519. The Kier molecular flexibility index (Phi) is 6.75. The lowest BCUT2D eigenvalue weighted by molar-refractivity contribution is -0.0121. The molecule has 8 nitrogen and oxygen atoms in total. The molecule has 186 valence electrons. The average Bonchev–Trinajstić information content (AvgIpc) is 3.20. The van der Waals surface area contributed by atoms with Crippen LogP contribution in [-0.2, 0) is 4.74 Å². The summed E-state index contributed by atoms with van der Waals surface area (Å²) in [6.07, 6.45) is 7.77. The minimum absolute atomic E-state index is 0.291. The number of rotatable bonds is 7. The summed E-state index contributed by atoms with van der Waals surface area (Å²) >= 11 is 0. The van der Waals surface area contributed by atoms with E-state index in [0.29, 0.717) is 35.5 Å². The van der Waals surface area contributed by atoms with E-state index in [9.17, 15) is 0 Å². The van der Waals surface area contributed by atoms with Crippen molar-refractivity contribution in [2.24, 2.45) is 10.7 Å². The Morgan fingerprint density at radius 1 is 1.20 bits per heavy atom. The lowest BCUT2D eigenvalue weighted by Crippen LogP contribution is -2.51. The van der Waals surface area contributed by atoms with Crippen molar-refractivity contribution in [3.8, 4) is 17.0 Å². The normalized spacial score (nSPS) is 21.2. The summed E-state index contributed by atoms with van der Waals surface area (Å²) in [5.41, 5.74) is 13.3. The Morgan fingerprint density at radius 2 is 1.97 bits per heavy atom. The summed E-state index contributed by atoms with van der Waals surface area (Å²) < 4.78 is 10.8. The molecular formula is C27H36N6O2. The number of ether oxygens (including phenoxy) is 2. The second-order valence-corrected chi connectivity index (χ2v) is 10.1. The molecule has 2 aliphatic rings. The second kappa shape index (κ2) is 9.95. The van der Waals surface area contributed by atoms with E-state index in [2.05, 4.69) is 47.1 Å². The van der Waals surface area contributed by atoms with Crippen LogP contribution in [0, 0.1) is 6.92 Å². The molecule has 4 heterocycles. The minimum Gasteiger partial charge on any atom is -0.493 e. The molecule has 1 aliphatic carbocycles. The number of aliphatic imine (C=N–C) groups is 1. The molecule has 4 N–H and O–H groups in total. The molecular weight excluding hydrogens is 440 g/mol. The van der Waals surface area contributed by atoms with Crippen LogP contribution in [0.1, 0.15) is 68.2 Å². The zero-order valence-electron chi connectivity index (χ0n) is 21.1. The number of hydrogen-bond acceptors (Lipinski definition) is 6. The molecule has 35 heavy (non-hydrogen) atoms. The maximum atomic E-state index is 5.52. The highest BCUT2D eigenvalue weighted by molar-refractivity contribution is 5.89. The predicted molar refractivity (Wildman–Crippen MR) is 140 cm³/mol. The molecule has 8 heteroatoms. The van der Waals surface area contributed by atoms with Gasteiger partial charge in [-0.25, -0.2) is 9.98 Å². The van der Waals surface area contributed by atoms with Crippen molar-refractivity contribution in [2.45, 2.75) is 70.4 Å². The number of H-pyrrole nitrogens is 1. The summed E-state index contributed by atoms with van der Waals surface area (Å²) in [6, 6.07) is 5.37. The molecule has 0 unspecified atom stereocenters. The number of aromatic amines is 1. The summed E-state index contributed by atoms with van der Waals surface area (Å²) in [4.78, 5) is 17.5. The van der Waals surface area contributed by atoms with Gasteiger partial charge in [-0.3, -0.25) is 4.98 Å². The van der Waals surface area contributed by atoms with Gasteiger partial charge < -0.3 is 25.5 Å². The first kappa shape index (κ1) is 23.8. The Morgan fingerprint density at radius 3 is 2.60 bits per heavy atom. The maximum absolute atomic E-state index is 5.52. The van der Waals surface area contributed by atoms with Crippen LogP contribution in [0.25, 0.3) is 22.3 Å². The molecule has 0 atom stereocenters. The van der Waals surface area contributed by atoms with Gasteiger partial charge >= 0.3 is 0 Å². The van der Waals surface area contributed by atoms with Crippen molar-refractivity contribution in [1.29, 1.82) is 0 Å². The third-order valence-corrected chi connectivity index (χ3v) is 7.38. The van der Waals surface area contributed by atoms with Crippen LogP contribution < -0.4 is 15.8 Å². The number of nitrogens with one attached hydrogen (secondary N) is 2. The lowest BCUT2D eigenvalue weighted by Gasteiger charge is -2.35. The van der Waals surface area contributed by atoms with Crippen molar-refractivity contribution in [2.75, 3.05) is 20.3 Å². The second-order valence-electron chi connectivity index (χ2n) is 10.1. The maximum Gasteiger partial charge on any atom is 0.196 e. The Hall–Kier alpha value is -2.97. The van der Waals surface area contributed by atoms with Crippen molar-refractivity contribution in [1.82, 2.24) is 20.3 Å². The van der Waals surface area contributed by atoms with E-state index in [0.717, 1.165) is 35.5 Å². The minimum atomic E-state index is 0.291. The van der Waals surface area contributed by atoms with Crippen molar-refractivity contribution >= 4 is 23.2 Å². The summed E-state index contributed by atoms with van der Waals surface area (Å²) in [5.74, 6) is 1.84. The number of fused-ring (bicyclic) bond motifs is 1. The van der Waals surface area contributed by atoms with Gasteiger partial charge in [0, 0.05) is 35.0 Å². The van der Waals surface area contributed by atoms with Crippen LogP contribution >= 0.6 is 0 Å². The van der Waals surface area contributed by atoms with Gasteiger partial charge in [-0.05, 0) is 56.2 Å². The third-order valence-electron chi connectivity index (χ3n) is 7.38. The molecule has 3 aromatic rings. The number of hydrogen-bond donors (Lipinski definition) is 3.